The molecule has 0 bridgehead atoms. The molecule has 0 fully saturated rings. The van der Waals surface area contributed by atoms with Crippen LogP contribution in [0.15, 0.2) is 42.6 Å². The van der Waals surface area contributed by atoms with Crippen molar-refractivity contribution >= 4 is 0 Å². The summed E-state index contributed by atoms with van der Waals surface area (Å²) in [5.74, 6) is 0.654. The SMILES string of the molecule is CCC(CC)C1(C)[n+]2cccc(C)c2-c2ccccc2C1(C)CC. The van der Waals surface area contributed by atoms with Gasteiger partial charge in [0.2, 0.25) is 5.69 Å². The van der Waals surface area contributed by atoms with E-state index in [1.165, 1.54) is 35.2 Å². The third-order valence-electron chi connectivity index (χ3n) is 7.08. The Labute approximate surface area is 147 Å². The number of rotatable bonds is 4. The zero-order valence-corrected chi connectivity index (χ0v) is 16.2. The second kappa shape index (κ2) is 6.02. The molecule has 0 saturated carbocycles. The number of aryl methyl sites for hydroxylation is 1. The molecule has 0 N–H and O–H groups in total. The molecule has 0 saturated heterocycles. The molecule has 0 amide bonds. The van der Waals surface area contributed by atoms with Crippen molar-refractivity contribution in [2.24, 2.45) is 5.92 Å². The molecule has 1 aliphatic heterocycles. The second-order valence-electron chi connectivity index (χ2n) is 7.80. The number of fused-ring (bicyclic) bond motifs is 3. The van der Waals surface area contributed by atoms with Crippen molar-refractivity contribution in [3.63, 3.8) is 0 Å². The highest BCUT2D eigenvalue weighted by Crippen LogP contribution is 2.52. The summed E-state index contributed by atoms with van der Waals surface area (Å²) in [5.41, 5.74) is 5.94. The highest BCUT2D eigenvalue weighted by molar-refractivity contribution is 5.67. The molecular formula is C23H32N+. The van der Waals surface area contributed by atoms with Gasteiger partial charge in [-0.15, -0.1) is 0 Å². The molecule has 2 atom stereocenters. The van der Waals surface area contributed by atoms with Gasteiger partial charge in [0, 0.05) is 24.5 Å². The van der Waals surface area contributed by atoms with Crippen molar-refractivity contribution < 1.29 is 4.57 Å². The van der Waals surface area contributed by atoms with E-state index in [0.29, 0.717) is 5.92 Å². The third-order valence-corrected chi connectivity index (χ3v) is 7.08. The lowest BCUT2D eigenvalue weighted by Gasteiger charge is -2.50. The van der Waals surface area contributed by atoms with Gasteiger partial charge >= 0.3 is 0 Å². The number of hydrogen-bond donors (Lipinski definition) is 0. The van der Waals surface area contributed by atoms with Crippen molar-refractivity contribution in [2.45, 2.75) is 71.8 Å². The standard InChI is InChI=1S/C23H32N/c1-7-18(8-2)23(6)22(5,9-3)20-15-11-10-14-19(20)21-17(4)13-12-16-24(21)23/h10-16,18H,7-9H2,1-6H3/q+1. The maximum absolute atomic E-state index is 2.62. The van der Waals surface area contributed by atoms with Gasteiger partial charge in [0.15, 0.2) is 11.7 Å². The summed E-state index contributed by atoms with van der Waals surface area (Å²) >= 11 is 0. The monoisotopic (exact) mass is 322 g/mol. The molecule has 0 aliphatic carbocycles. The second-order valence-corrected chi connectivity index (χ2v) is 7.80. The van der Waals surface area contributed by atoms with E-state index in [-0.39, 0.29) is 11.0 Å². The highest BCUT2D eigenvalue weighted by atomic mass is 15.1. The quantitative estimate of drug-likeness (QED) is 0.628. The van der Waals surface area contributed by atoms with E-state index in [4.69, 9.17) is 0 Å². The molecule has 1 aromatic heterocycles. The predicted molar refractivity (Wildman–Crippen MR) is 102 cm³/mol. The van der Waals surface area contributed by atoms with E-state index in [2.05, 4.69) is 88.7 Å². The normalized spacial score (nSPS) is 25.5. The van der Waals surface area contributed by atoms with Gasteiger partial charge in [-0.3, -0.25) is 0 Å². The fourth-order valence-corrected chi connectivity index (χ4v) is 5.33. The molecule has 0 radical (unpaired) electrons. The predicted octanol–water partition coefficient (Wildman–Crippen LogP) is 5.78. The minimum absolute atomic E-state index is 0.0843. The average Bonchev–Trinajstić information content (AvgIpc) is 2.60. The molecule has 2 unspecified atom stereocenters. The van der Waals surface area contributed by atoms with Gasteiger partial charge in [-0.05, 0) is 50.8 Å². The largest absolute Gasteiger partial charge is 0.216 e. The summed E-state index contributed by atoms with van der Waals surface area (Å²) in [7, 11) is 0. The highest BCUT2D eigenvalue weighted by Gasteiger charge is 2.60. The van der Waals surface area contributed by atoms with Gasteiger partial charge in [-0.2, -0.15) is 4.57 Å². The van der Waals surface area contributed by atoms with Gasteiger partial charge in [0.05, 0.1) is 11.0 Å². The van der Waals surface area contributed by atoms with E-state index in [0.717, 1.165) is 6.42 Å². The lowest BCUT2D eigenvalue weighted by Crippen LogP contribution is -2.71. The Hall–Kier alpha value is -1.63. The Balaban J connectivity index is 2.45. The Morgan fingerprint density at radius 3 is 2.25 bits per heavy atom. The first kappa shape index (κ1) is 17.2. The zero-order chi connectivity index (χ0) is 17.5. The van der Waals surface area contributed by atoms with Crippen LogP contribution in [0.25, 0.3) is 11.3 Å². The summed E-state index contributed by atoms with van der Waals surface area (Å²) in [6.45, 7) is 14.3. The molecule has 1 aromatic carbocycles. The maximum Gasteiger partial charge on any atom is 0.216 e. The number of nitrogens with zero attached hydrogens (tertiary/aromatic N) is 1. The van der Waals surface area contributed by atoms with Crippen LogP contribution in [0.2, 0.25) is 0 Å². The van der Waals surface area contributed by atoms with Gasteiger partial charge in [-0.25, -0.2) is 0 Å². The van der Waals surface area contributed by atoms with Gasteiger partial charge in [0.25, 0.3) is 0 Å². The Kier molecular flexibility index (Phi) is 4.32. The topological polar surface area (TPSA) is 3.88 Å². The van der Waals surface area contributed by atoms with Gasteiger partial charge in [-0.1, -0.05) is 39.0 Å². The van der Waals surface area contributed by atoms with E-state index in [9.17, 15) is 0 Å². The van der Waals surface area contributed by atoms with Crippen LogP contribution in [0.5, 0.6) is 0 Å². The van der Waals surface area contributed by atoms with Crippen LogP contribution < -0.4 is 4.57 Å². The number of hydrogen-bond acceptors (Lipinski definition) is 0. The minimum Gasteiger partial charge on any atom is -0.192 e. The van der Waals surface area contributed by atoms with Crippen LogP contribution in [-0.4, -0.2) is 0 Å². The fraction of sp³-hybridized carbons (Fsp3) is 0.522. The van der Waals surface area contributed by atoms with Crippen LogP contribution in [0.3, 0.4) is 0 Å². The first-order valence-corrected chi connectivity index (χ1v) is 9.57. The molecular weight excluding hydrogens is 290 g/mol. The van der Waals surface area contributed by atoms with Crippen molar-refractivity contribution in [3.8, 4) is 11.3 Å². The number of aromatic nitrogens is 1. The first-order chi connectivity index (χ1) is 11.5. The Morgan fingerprint density at radius 2 is 1.62 bits per heavy atom. The average molecular weight is 323 g/mol. The molecule has 0 spiro atoms. The molecule has 2 aromatic rings. The van der Waals surface area contributed by atoms with E-state index >= 15 is 0 Å². The summed E-state index contributed by atoms with van der Waals surface area (Å²) in [6, 6.07) is 13.6. The number of benzene rings is 1. The van der Waals surface area contributed by atoms with Gasteiger partial charge < -0.3 is 0 Å². The Morgan fingerprint density at radius 1 is 0.958 bits per heavy atom. The maximum atomic E-state index is 2.62. The summed E-state index contributed by atoms with van der Waals surface area (Å²) < 4.78 is 2.62. The van der Waals surface area contributed by atoms with Crippen LogP contribution in [-0.2, 0) is 11.0 Å². The van der Waals surface area contributed by atoms with E-state index < -0.39 is 0 Å². The lowest BCUT2D eigenvalue weighted by atomic mass is 9.56. The summed E-state index contributed by atoms with van der Waals surface area (Å²) in [6.07, 6.45) is 5.90. The molecule has 3 rings (SSSR count). The van der Waals surface area contributed by atoms with E-state index in [1.54, 1.807) is 0 Å². The molecule has 1 nitrogen and oxygen atoms in total. The Bertz CT molecular complexity index is 743. The third kappa shape index (κ3) is 2.03. The first-order valence-electron chi connectivity index (χ1n) is 9.57. The summed E-state index contributed by atoms with van der Waals surface area (Å²) in [4.78, 5) is 0. The molecule has 24 heavy (non-hydrogen) atoms. The van der Waals surface area contributed by atoms with Crippen LogP contribution in [0.1, 0.15) is 65.0 Å². The zero-order valence-electron chi connectivity index (χ0n) is 16.2. The van der Waals surface area contributed by atoms with Gasteiger partial charge in [0.1, 0.15) is 0 Å². The molecule has 1 heteroatoms. The summed E-state index contributed by atoms with van der Waals surface area (Å²) in [5, 5.41) is 0. The molecule has 2 heterocycles. The molecule has 128 valence electrons. The van der Waals surface area contributed by atoms with Crippen LogP contribution >= 0.6 is 0 Å². The fourth-order valence-electron chi connectivity index (χ4n) is 5.33. The lowest BCUT2D eigenvalue weighted by molar-refractivity contribution is -0.773. The van der Waals surface area contributed by atoms with E-state index in [1.807, 2.05) is 0 Å². The molecule has 1 aliphatic rings. The smallest absolute Gasteiger partial charge is 0.192 e. The van der Waals surface area contributed by atoms with Crippen molar-refractivity contribution in [1.82, 2.24) is 0 Å². The van der Waals surface area contributed by atoms with Crippen molar-refractivity contribution in [1.29, 1.82) is 0 Å². The van der Waals surface area contributed by atoms with Crippen LogP contribution in [0.4, 0.5) is 0 Å². The van der Waals surface area contributed by atoms with Crippen molar-refractivity contribution in [3.05, 3.63) is 53.7 Å². The number of pyridine rings is 1. The minimum atomic E-state index is 0.0843. The van der Waals surface area contributed by atoms with Crippen molar-refractivity contribution in [2.75, 3.05) is 0 Å². The van der Waals surface area contributed by atoms with Crippen LogP contribution in [0, 0.1) is 12.8 Å².